The van der Waals surface area contributed by atoms with Crippen molar-refractivity contribution in [2.24, 2.45) is 0 Å². The number of fused-ring (bicyclic) bond motifs is 1. The summed E-state index contributed by atoms with van der Waals surface area (Å²) in [5, 5.41) is 7.44. The third kappa shape index (κ3) is 3.34. The summed E-state index contributed by atoms with van der Waals surface area (Å²) in [5.41, 5.74) is 2.34. The van der Waals surface area contributed by atoms with Gasteiger partial charge in [0.15, 0.2) is 5.76 Å². The molecule has 1 amide bonds. The van der Waals surface area contributed by atoms with Crippen LogP contribution in [-0.2, 0) is 0 Å². The van der Waals surface area contributed by atoms with E-state index in [1.807, 2.05) is 32.0 Å². The number of hydrogen-bond donors (Lipinski definition) is 1. The number of nitrogens with zero attached hydrogens (tertiary/aromatic N) is 2. The van der Waals surface area contributed by atoms with Crippen molar-refractivity contribution < 1.29 is 18.5 Å². The first-order valence-electron chi connectivity index (χ1n) is 8.91. The van der Waals surface area contributed by atoms with Crippen LogP contribution in [0.1, 0.15) is 29.9 Å². The molecule has 0 aliphatic heterocycles. The number of carbonyl (C=O) groups is 1. The van der Waals surface area contributed by atoms with Crippen molar-refractivity contribution in [3.05, 3.63) is 60.0 Å². The standard InChI is InChI=1S/C21H19N3O4/c1-12(2)27-18-8-5-4-7-15(18)22-20(25)14-11-16(17-9-6-10-26-17)23-21-19(14)13(3)24-28-21/h4-12H,1-3H3,(H,22,25). The molecule has 0 spiro atoms. The molecule has 7 nitrogen and oxygen atoms in total. The summed E-state index contributed by atoms with van der Waals surface area (Å²) < 4.78 is 16.5. The van der Waals surface area contributed by atoms with Crippen LogP contribution >= 0.6 is 0 Å². The molecule has 7 heteroatoms. The first-order chi connectivity index (χ1) is 13.5. The topological polar surface area (TPSA) is 90.4 Å². The van der Waals surface area contributed by atoms with Crippen molar-refractivity contribution in [1.29, 1.82) is 0 Å². The molecule has 0 saturated heterocycles. The number of rotatable bonds is 5. The molecule has 4 rings (SSSR count). The van der Waals surface area contributed by atoms with Gasteiger partial charge in [-0.15, -0.1) is 0 Å². The van der Waals surface area contributed by atoms with Gasteiger partial charge in [0.25, 0.3) is 11.6 Å². The zero-order valence-electron chi connectivity index (χ0n) is 15.7. The molecule has 0 aliphatic rings. The SMILES string of the molecule is Cc1noc2nc(-c3ccco3)cc(C(=O)Nc3ccccc3OC(C)C)c12. The predicted octanol–water partition coefficient (Wildman–Crippen LogP) is 4.83. The van der Waals surface area contributed by atoms with Crippen LogP contribution in [0.4, 0.5) is 5.69 Å². The fourth-order valence-electron chi connectivity index (χ4n) is 2.94. The van der Waals surface area contributed by atoms with Gasteiger partial charge >= 0.3 is 0 Å². The second-order valence-electron chi connectivity index (χ2n) is 6.60. The number of ether oxygens (including phenoxy) is 1. The molecule has 0 unspecified atom stereocenters. The molecule has 0 radical (unpaired) electrons. The largest absolute Gasteiger partial charge is 0.489 e. The molecule has 0 atom stereocenters. The average Bonchev–Trinajstić information content (AvgIpc) is 3.32. The Labute approximate surface area is 161 Å². The number of amides is 1. The van der Waals surface area contributed by atoms with Crippen LogP contribution in [0.2, 0.25) is 0 Å². The van der Waals surface area contributed by atoms with Gasteiger partial charge < -0.3 is 19.0 Å². The second kappa shape index (κ2) is 7.19. The van der Waals surface area contributed by atoms with E-state index in [0.29, 0.717) is 39.5 Å². The first-order valence-corrected chi connectivity index (χ1v) is 8.91. The molecule has 0 aliphatic carbocycles. The summed E-state index contributed by atoms with van der Waals surface area (Å²) in [6.07, 6.45) is 1.53. The highest BCUT2D eigenvalue weighted by Crippen LogP contribution is 2.30. The van der Waals surface area contributed by atoms with Crippen LogP contribution in [0, 0.1) is 6.92 Å². The Hall–Kier alpha value is -3.61. The van der Waals surface area contributed by atoms with Gasteiger partial charge in [-0.05, 0) is 51.1 Å². The lowest BCUT2D eigenvalue weighted by Crippen LogP contribution is -2.15. The number of aryl methyl sites for hydroxylation is 1. The van der Waals surface area contributed by atoms with Crippen LogP contribution < -0.4 is 10.1 Å². The van der Waals surface area contributed by atoms with Crippen LogP contribution in [0.5, 0.6) is 5.75 Å². The lowest BCUT2D eigenvalue weighted by molar-refractivity contribution is 0.102. The summed E-state index contributed by atoms with van der Waals surface area (Å²) in [4.78, 5) is 17.6. The van der Waals surface area contributed by atoms with Crippen molar-refractivity contribution in [3.63, 3.8) is 0 Å². The summed E-state index contributed by atoms with van der Waals surface area (Å²) in [5.74, 6) is 0.823. The monoisotopic (exact) mass is 377 g/mol. The summed E-state index contributed by atoms with van der Waals surface area (Å²) in [6.45, 7) is 5.63. The van der Waals surface area contributed by atoms with Crippen molar-refractivity contribution in [2.45, 2.75) is 26.9 Å². The minimum atomic E-state index is -0.314. The van der Waals surface area contributed by atoms with E-state index in [2.05, 4.69) is 15.5 Å². The van der Waals surface area contributed by atoms with E-state index in [-0.39, 0.29) is 17.7 Å². The van der Waals surface area contributed by atoms with Crippen molar-refractivity contribution in [1.82, 2.24) is 10.1 Å². The van der Waals surface area contributed by atoms with Crippen LogP contribution in [-0.4, -0.2) is 22.2 Å². The highest BCUT2D eigenvalue weighted by Gasteiger charge is 2.21. The molecule has 1 N–H and O–H groups in total. The molecule has 3 aromatic heterocycles. The molecule has 4 aromatic rings. The van der Waals surface area contributed by atoms with Gasteiger partial charge in [0.05, 0.1) is 34.7 Å². The normalized spacial score (nSPS) is 11.1. The number of aromatic nitrogens is 2. The number of carbonyl (C=O) groups excluding carboxylic acids is 1. The van der Waals surface area contributed by atoms with Gasteiger partial charge in [-0.3, -0.25) is 4.79 Å². The minimum Gasteiger partial charge on any atom is -0.489 e. The van der Waals surface area contributed by atoms with Crippen LogP contribution in [0.15, 0.2) is 57.7 Å². The Morgan fingerprint density at radius 3 is 2.75 bits per heavy atom. The van der Waals surface area contributed by atoms with Crippen LogP contribution in [0.25, 0.3) is 22.6 Å². The highest BCUT2D eigenvalue weighted by atomic mass is 16.5. The maximum Gasteiger partial charge on any atom is 0.259 e. The van der Waals surface area contributed by atoms with E-state index in [1.165, 1.54) is 0 Å². The number of para-hydroxylation sites is 2. The van der Waals surface area contributed by atoms with Crippen molar-refractivity contribution >= 4 is 22.7 Å². The molecule has 0 saturated carbocycles. The fourth-order valence-corrected chi connectivity index (χ4v) is 2.94. The van der Waals surface area contributed by atoms with E-state index in [4.69, 9.17) is 13.7 Å². The zero-order chi connectivity index (χ0) is 19.7. The summed E-state index contributed by atoms with van der Waals surface area (Å²) in [7, 11) is 0. The maximum atomic E-state index is 13.1. The fraction of sp³-hybridized carbons (Fsp3) is 0.190. The molecule has 0 fully saturated rings. The van der Waals surface area contributed by atoms with E-state index in [1.54, 1.807) is 37.5 Å². The van der Waals surface area contributed by atoms with Crippen LogP contribution in [0.3, 0.4) is 0 Å². The third-order valence-electron chi connectivity index (χ3n) is 4.13. The zero-order valence-corrected chi connectivity index (χ0v) is 15.7. The Morgan fingerprint density at radius 2 is 2.00 bits per heavy atom. The minimum absolute atomic E-state index is 0.0171. The molecular weight excluding hydrogens is 358 g/mol. The summed E-state index contributed by atoms with van der Waals surface area (Å²) in [6, 6.07) is 12.5. The highest BCUT2D eigenvalue weighted by molar-refractivity contribution is 6.13. The Balaban J connectivity index is 1.76. The molecule has 1 aromatic carbocycles. The third-order valence-corrected chi connectivity index (χ3v) is 4.13. The number of benzene rings is 1. The van der Waals surface area contributed by atoms with Crippen molar-refractivity contribution in [2.75, 3.05) is 5.32 Å². The van der Waals surface area contributed by atoms with Gasteiger partial charge in [-0.2, -0.15) is 0 Å². The molecule has 3 heterocycles. The smallest absolute Gasteiger partial charge is 0.259 e. The van der Waals surface area contributed by atoms with E-state index in [9.17, 15) is 4.79 Å². The Kier molecular flexibility index (Phi) is 4.57. The number of nitrogens with one attached hydrogen (secondary N) is 1. The Morgan fingerprint density at radius 1 is 1.18 bits per heavy atom. The average molecular weight is 377 g/mol. The predicted molar refractivity (Wildman–Crippen MR) is 104 cm³/mol. The van der Waals surface area contributed by atoms with E-state index in [0.717, 1.165) is 0 Å². The van der Waals surface area contributed by atoms with Gasteiger partial charge in [-0.25, -0.2) is 4.98 Å². The maximum absolute atomic E-state index is 13.1. The van der Waals surface area contributed by atoms with Gasteiger partial charge in [0.1, 0.15) is 11.4 Å². The summed E-state index contributed by atoms with van der Waals surface area (Å²) >= 11 is 0. The van der Waals surface area contributed by atoms with Gasteiger partial charge in [0.2, 0.25) is 0 Å². The van der Waals surface area contributed by atoms with E-state index < -0.39 is 0 Å². The molecule has 28 heavy (non-hydrogen) atoms. The quantitative estimate of drug-likeness (QED) is 0.536. The van der Waals surface area contributed by atoms with Gasteiger partial charge in [0, 0.05) is 0 Å². The molecule has 142 valence electrons. The van der Waals surface area contributed by atoms with Gasteiger partial charge in [-0.1, -0.05) is 17.3 Å². The number of anilines is 1. The first kappa shape index (κ1) is 17.8. The molecular formula is C21H19N3O4. The number of furan rings is 1. The van der Waals surface area contributed by atoms with Crippen molar-refractivity contribution in [3.8, 4) is 17.2 Å². The lowest BCUT2D eigenvalue weighted by atomic mass is 10.1. The second-order valence-corrected chi connectivity index (χ2v) is 6.60. The number of pyridine rings is 1. The van der Waals surface area contributed by atoms with E-state index >= 15 is 0 Å². The number of hydrogen-bond acceptors (Lipinski definition) is 6. The molecule has 0 bridgehead atoms. The Bertz CT molecular complexity index is 1130. The lowest BCUT2D eigenvalue weighted by Gasteiger charge is -2.15.